The average molecular weight is 266 g/mol. The molecule has 0 aliphatic heterocycles. The van der Waals surface area contributed by atoms with Crippen LogP contribution in [-0.4, -0.2) is 26.2 Å². The summed E-state index contributed by atoms with van der Waals surface area (Å²) >= 11 is 0. The summed E-state index contributed by atoms with van der Waals surface area (Å²) in [5, 5.41) is 7.27. The van der Waals surface area contributed by atoms with Gasteiger partial charge in [-0.15, -0.1) is 0 Å². The molecule has 0 saturated heterocycles. The lowest BCUT2D eigenvalue weighted by Crippen LogP contribution is -2.44. The highest BCUT2D eigenvalue weighted by Gasteiger charge is 2.29. The molecule has 2 heteroatoms. The minimum Gasteiger partial charge on any atom is -0.317 e. The lowest BCUT2D eigenvalue weighted by molar-refractivity contribution is 0.205. The zero-order valence-electron chi connectivity index (χ0n) is 13.1. The van der Waals surface area contributed by atoms with Gasteiger partial charge in [0, 0.05) is 12.1 Å². The van der Waals surface area contributed by atoms with Gasteiger partial charge < -0.3 is 10.6 Å². The average Bonchev–Trinajstić information content (AvgIpc) is 2.50. The molecule has 2 atom stereocenters. The second-order valence-corrected chi connectivity index (χ2v) is 6.82. The van der Waals surface area contributed by atoms with Crippen molar-refractivity contribution in [3.05, 3.63) is 0 Å². The molecule has 19 heavy (non-hydrogen) atoms. The van der Waals surface area contributed by atoms with Crippen LogP contribution in [0.1, 0.15) is 70.6 Å². The number of nitrogens with one attached hydrogen (secondary N) is 2. The van der Waals surface area contributed by atoms with E-state index in [-0.39, 0.29) is 0 Å². The van der Waals surface area contributed by atoms with Crippen LogP contribution in [0.15, 0.2) is 0 Å². The third kappa shape index (κ3) is 4.46. The Bertz CT molecular complexity index is 205. The number of hydrogen-bond donors (Lipinski definition) is 2. The van der Waals surface area contributed by atoms with Crippen molar-refractivity contribution in [2.75, 3.05) is 14.1 Å². The lowest BCUT2D eigenvalue weighted by atomic mass is 9.77. The van der Waals surface area contributed by atoms with Crippen molar-refractivity contribution in [2.45, 2.75) is 82.7 Å². The Morgan fingerprint density at radius 2 is 1.05 bits per heavy atom. The molecule has 0 amide bonds. The summed E-state index contributed by atoms with van der Waals surface area (Å²) < 4.78 is 0. The van der Waals surface area contributed by atoms with Gasteiger partial charge in [-0.1, -0.05) is 38.5 Å². The van der Waals surface area contributed by atoms with E-state index in [9.17, 15) is 0 Å². The molecule has 2 aliphatic rings. The van der Waals surface area contributed by atoms with Gasteiger partial charge in [0.2, 0.25) is 0 Å². The van der Waals surface area contributed by atoms with E-state index in [4.69, 9.17) is 0 Å². The quantitative estimate of drug-likeness (QED) is 0.766. The van der Waals surface area contributed by atoms with Crippen molar-refractivity contribution in [3.63, 3.8) is 0 Å². The van der Waals surface area contributed by atoms with E-state index in [1.165, 1.54) is 70.6 Å². The first kappa shape index (κ1) is 15.3. The lowest BCUT2D eigenvalue weighted by Gasteiger charge is -2.36. The molecule has 0 spiro atoms. The van der Waals surface area contributed by atoms with Gasteiger partial charge in [0.1, 0.15) is 0 Å². The predicted molar refractivity (Wildman–Crippen MR) is 83.5 cm³/mol. The zero-order valence-corrected chi connectivity index (χ0v) is 13.1. The molecule has 0 radical (unpaired) electrons. The fraction of sp³-hybridized carbons (Fsp3) is 1.00. The number of rotatable bonds is 6. The molecule has 0 aromatic heterocycles. The van der Waals surface area contributed by atoms with Crippen LogP contribution in [0.2, 0.25) is 0 Å². The fourth-order valence-corrected chi connectivity index (χ4v) is 4.44. The van der Waals surface area contributed by atoms with E-state index in [2.05, 4.69) is 24.7 Å². The van der Waals surface area contributed by atoms with Crippen molar-refractivity contribution in [1.82, 2.24) is 10.6 Å². The van der Waals surface area contributed by atoms with Gasteiger partial charge in [-0.2, -0.15) is 0 Å². The van der Waals surface area contributed by atoms with Crippen molar-refractivity contribution < 1.29 is 0 Å². The first-order valence-electron chi connectivity index (χ1n) is 8.69. The molecule has 2 fully saturated rings. The minimum atomic E-state index is 0.736. The molecule has 0 bridgehead atoms. The summed E-state index contributed by atoms with van der Waals surface area (Å²) in [6.45, 7) is 0. The summed E-state index contributed by atoms with van der Waals surface area (Å²) in [6.07, 6.45) is 15.9. The van der Waals surface area contributed by atoms with Gasteiger partial charge >= 0.3 is 0 Å². The van der Waals surface area contributed by atoms with Gasteiger partial charge in [0.05, 0.1) is 0 Å². The monoisotopic (exact) mass is 266 g/mol. The molecule has 0 aromatic carbocycles. The van der Waals surface area contributed by atoms with Crippen LogP contribution < -0.4 is 10.6 Å². The van der Waals surface area contributed by atoms with Gasteiger partial charge in [0.25, 0.3) is 0 Å². The summed E-state index contributed by atoms with van der Waals surface area (Å²) in [5.74, 6) is 1.86. The Hall–Kier alpha value is -0.0800. The Morgan fingerprint density at radius 3 is 1.37 bits per heavy atom. The van der Waals surface area contributed by atoms with Crippen molar-refractivity contribution in [2.24, 2.45) is 11.8 Å². The van der Waals surface area contributed by atoms with E-state index in [1.54, 1.807) is 0 Å². The molecule has 2 nitrogen and oxygen atoms in total. The van der Waals surface area contributed by atoms with Gasteiger partial charge in [-0.25, -0.2) is 0 Å². The third-order valence-corrected chi connectivity index (χ3v) is 5.69. The first-order chi connectivity index (χ1) is 9.35. The summed E-state index contributed by atoms with van der Waals surface area (Å²) in [6, 6.07) is 1.47. The van der Waals surface area contributed by atoms with Crippen LogP contribution in [0.5, 0.6) is 0 Å². The van der Waals surface area contributed by atoms with Crippen LogP contribution in [0.3, 0.4) is 0 Å². The van der Waals surface area contributed by atoms with Crippen LogP contribution >= 0.6 is 0 Å². The predicted octanol–water partition coefficient (Wildman–Crippen LogP) is 3.71. The molecule has 2 saturated carbocycles. The van der Waals surface area contributed by atoms with Crippen LogP contribution in [0, 0.1) is 11.8 Å². The highest BCUT2D eigenvalue weighted by molar-refractivity contribution is 4.86. The normalized spacial score (nSPS) is 26.2. The van der Waals surface area contributed by atoms with Crippen LogP contribution in [-0.2, 0) is 0 Å². The minimum absolute atomic E-state index is 0.736. The second-order valence-electron chi connectivity index (χ2n) is 6.82. The smallest absolute Gasteiger partial charge is 0.0107 e. The Morgan fingerprint density at radius 1 is 0.684 bits per heavy atom. The van der Waals surface area contributed by atoms with Crippen molar-refractivity contribution >= 4 is 0 Å². The van der Waals surface area contributed by atoms with E-state index < -0.39 is 0 Å². The fourth-order valence-electron chi connectivity index (χ4n) is 4.44. The molecule has 112 valence electrons. The molecule has 2 aliphatic carbocycles. The third-order valence-electron chi connectivity index (χ3n) is 5.69. The Balaban J connectivity index is 1.86. The molecule has 0 aromatic rings. The largest absolute Gasteiger partial charge is 0.317 e. The molecular formula is C17H34N2. The second kappa shape index (κ2) is 8.26. The SMILES string of the molecule is CNC(CC(NC)C1CCCCC1)C1CCCCC1. The summed E-state index contributed by atoms with van der Waals surface area (Å²) in [4.78, 5) is 0. The van der Waals surface area contributed by atoms with E-state index >= 15 is 0 Å². The van der Waals surface area contributed by atoms with E-state index in [0.717, 1.165) is 23.9 Å². The van der Waals surface area contributed by atoms with Gasteiger partial charge in [-0.05, 0) is 58.0 Å². The maximum atomic E-state index is 3.64. The molecular weight excluding hydrogens is 232 g/mol. The van der Waals surface area contributed by atoms with Crippen LogP contribution in [0.4, 0.5) is 0 Å². The standard InChI is InChI=1S/C17H34N2/c1-18-16(14-9-5-3-6-10-14)13-17(19-2)15-11-7-4-8-12-15/h14-19H,3-13H2,1-2H3. The maximum Gasteiger partial charge on any atom is 0.0107 e. The molecule has 0 heterocycles. The van der Waals surface area contributed by atoms with Crippen LogP contribution in [0.25, 0.3) is 0 Å². The van der Waals surface area contributed by atoms with E-state index in [0.29, 0.717) is 0 Å². The summed E-state index contributed by atoms with van der Waals surface area (Å²) in [5.41, 5.74) is 0. The van der Waals surface area contributed by atoms with Gasteiger partial charge in [0.15, 0.2) is 0 Å². The van der Waals surface area contributed by atoms with Gasteiger partial charge in [-0.3, -0.25) is 0 Å². The van der Waals surface area contributed by atoms with Crippen molar-refractivity contribution in [3.8, 4) is 0 Å². The number of hydrogen-bond acceptors (Lipinski definition) is 2. The Labute approximate surface area is 120 Å². The molecule has 2 N–H and O–H groups in total. The van der Waals surface area contributed by atoms with E-state index in [1.807, 2.05) is 0 Å². The first-order valence-corrected chi connectivity index (χ1v) is 8.69. The summed E-state index contributed by atoms with van der Waals surface area (Å²) in [7, 11) is 4.35. The Kier molecular flexibility index (Phi) is 6.66. The maximum absolute atomic E-state index is 3.64. The molecule has 2 rings (SSSR count). The highest BCUT2D eigenvalue weighted by atomic mass is 14.9. The zero-order chi connectivity index (χ0) is 13.5. The highest BCUT2D eigenvalue weighted by Crippen LogP contribution is 2.32. The molecule has 2 unspecified atom stereocenters. The van der Waals surface area contributed by atoms with Crippen molar-refractivity contribution in [1.29, 1.82) is 0 Å². The topological polar surface area (TPSA) is 24.1 Å².